The van der Waals surface area contributed by atoms with E-state index < -0.39 is 11.7 Å². The molecule has 2 N–H and O–H groups in total. The van der Waals surface area contributed by atoms with Crippen LogP contribution in [0.3, 0.4) is 0 Å². The Balaban J connectivity index is 1.71. The Morgan fingerprint density at radius 2 is 1.76 bits per heavy atom. The number of ether oxygens (including phenoxy) is 1. The molecular formula is C18H33N3O3S. The summed E-state index contributed by atoms with van der Waals surface area (Å²) in [4.78, 5) is 26.3. The van der Waals surface area contributed by atoms with Crippen molar-refractivity contribution >= 4 is 23.8 Å². The fourth-order valence-corrected chi connectivity index (χ4v) is 4.52. The van der Waals surface area contributed by atoms with Crippen LogP contribution < -0.4 is 10.6 Å². The highest BCUT2D eigenvalue weighted by atomic mass is 32.2. The zero-order valence-corrected chi connectivity index (χ0v) is 16.7. The van der Waals surface area contributed by atoms with E-state index in [0.29, 0.717) is 6.54 Å². The number of nitrogens with one attached hydrogen (secondary N) is 2. The van der Waals surface area contributed by atoms with Crippen LogP contribution in [-0.4, -0.2) is 65.7 Å². The number of carbonyl (C=O) groups is 2. The van der Waals surface area contributed by atoms with E-state index in [1.807, 2.05) is 32.5 Å². The van der Waals surface area contributed by atoms with Crippen LogP contribution in [0.2, 0.25) is 0 Å². The third kappa shape index (κ3) is 6.70. The SMILES string of the molecule is CC(C)(C)OC(=O)NCCC(=O)NCC1(N2CCSCC2)CCCC1. The standard InChI is InChI=1S/C18H33N3O3S/c1-17(2,3)24-16(23)19-9-6-15(22)20-14-18(7-4-5-8-18)21-10-12-25-13-11-21/h4-14H2,1-3H3,(H,19,23)(H,20,22). The maximum Gasteiger partial charge on any atom is 0.407 e. The highest BCUT2D eigenvalue weighted by Crippen LogP contribution is 2.36. The molecular weight excluding hydrogens is 338 g/mol. The Hall–Kier alpha value is -0.950. The molecule has 25 heavy (non-hydrogen) atoms. The van der Waals surface area contributed by atoms with Gasteiger partial charge in [-0.1, -0.05) is 12.8 Å². The van der Waals surface area contributed by atoms with Crippen molar-refractivity contribution in [3.8, 4) is 0 Å². The van der Waals surface area contributed by atoms with E-state index in [4.69, 9.17) is 4.74 Å². The van der Waals surface area contributed by atoms with Crippen LogP contribution in [0.1, 0.15) is 52.9 Å². The Morgan fingerprint density at radius 3 is 2.36 bits per heavy atom. The van der Waals surface area contributed by atoms with Crippen LogP contribution in [0.4, 0.5) is 4.79 Å². The maximum absolute atomic E-state index is 12.2. The highest BCUT2D eigenvalue weighted by molar-refractivity contribution is 7.99. The molecule has 1 aliphatic heterocycles. The van der Waals surface area contributed by atoms with Crippen LogP contribution in [0.5, 0.6) is 0 Å². The first-order chi connectivity index (χ1) is 11.8. The second-order valence-corrected chi connectivity index (χ2v) is 9.21. The molecule has 1 saturated heterocycles. The number of hydrogen-bond acceptors (Lipinski definition) is 5. The molecule has 0 aromatic carbocycles. The van der Waals surface area contributed by atoms with Gasteiger partial charge in [0, 0.05) is 49.6 Å². The summed E-state index contributed by atoms with van der Waals surface area (Å²) in [6, 6.07) is 0. The molecule has 0 radical (unpaired) electrons. The smallest absolute Gasteiger partial charge is 0.407 e. The first-order valence-corrected chi connectivity index (χ1v) is 10.5. The van der Waals surface area contributed by atoms with Crippen molar-refractivity contribution in [2.24, 2.45) is 0 Å². The molecule has 0 atom stereocenters. The molecule has 7 heteroatoms. The van der Waals surface area contributed by atoms with Gasteiger partial charge < -0.3 is 15.4 Å². The average Bonchev–Trinajstić information content (AvgIpc) is 3.02. The zero-order valence-electron chi connectivity index (χ0n) is 15.9. The summed E-state index contributed by atoms with van der Waals surface area (Å²) in [5.74, 6) is 2.37. The fourth-order valence-electron chi connectivity index (χ4n) is 3.62. The Kier molecular flexibility index (Phi) is 7.43. The van der Waals surface area contributed by atoms with Gasteiger partial charge >= 0.3 is 6.09 Å². The predicted octanol–water partition coefficient (Wildman–Crippen LogP) is 2.38. The van der Waals surface area contributed by atoms with Gasteiger partial charge in [-0.3, -0.25) is 9.69 Å². The van der Waals surface area contributed by atoms with Gasteiger partial charge in [-0.25, -0.2) is 4.79 Å². The molecule has 0 aromatic rings. The normalized spacial score (nSPS) is 20.9. The fraction of sp³-hybridized carbons (Fsp3) is 0.889. The molecule has 2 fully saturated rings. The minimum atomic E-state index is -0.520. The number of rotatable bonds is 6. The average molecular weight is 372 g/mol. The van der Waals surface area contributed by atoms with Gasteiger partial charge in [-0.15, -0.1) is 0 Å². The van der Waals surface area contributed by atoms with E-state index in [-0.39, 0.29) is 17.9 Å². The van der Waals surface area contributed by atoms with E-state index >= 15 is 0 Å². The number of carbonyl (C=O) groups excluding carboxylic acids is 2. The van der Waals surface area contributed by atoms with E-state index in [0.717, 1.165) is 19.6 Å². The molecule has 144 valence electrons. The third-order valence-electron chi connectivity index (χ3n) is 4.85. The summed E-state index contributed by atoms with van der Waals surface area (Å²) in [6.45, 7) is 8.73. The molecule has 2 rings (SSSR count). The first kappa shape index (κ1) is 20.4. The third-order valence-corrected chi connectivity index (χ3v) is 5.79. The summed E-state index contributed by atoms with van der Waals surface area (Å²) in [5.41, 5.74) is -0.372. The van der Waals surface area contributed by atoms with Crippen LogP contribution >= 0.6 is 11.8 Å². The summed E-state index contributed by atoms with van der Waals surface area (Å²) < 4.78 is 5.17. The van der Waals surface area contributed by atoms with Crippen LogP contribution in [0, 0.1) is 0 Å². The Labute approximate surface area is 155 Å². The molecule has 1 heterocycles. The lowest BCUT2D eigenvalue weighted by Gasteiger charge is -2.43. The lowest BCUT2D eigenvalue weighted by molar-refractivity contribution is -0.121. The van der Waals surface area contributed by atoms with Crippen molar-refractivity contribution in [3.63, 3.8) is 0 Å². The topological polar surface area (TPSA) is 70.7 Å². The number of alkyl carbamates (subject to hydrolysis) is 1. The van der Waals surface area contributed by atoms with Crippen LogP contribution in [0.25, 0.3) is 0 Å². The van der Waals surface area contributed by atoms with Gasteiger partial charge in [0.25, 0.3) is 0 Å². The first-order valence-electron chi connectivity index (χ1n) is 9.37. The Bertz CT molecular complexity index is 453. The monoisotopic (exact) mass is 371 g/mol. The minimum absolute atomic E-state index is 0.00582. The van der Waals surface area contributed by atoms with Crippen molar-refractivity contribution in [1.82, 2.24) is 15.5 Å². The van der Waals surface area contributed by atoms with Crippen molar-refractivity contribution in [3.05, 3.63) is 0 Å². The number of nitrogens with zero attached hydrogens (tertiary/aromatic N) is 1. The van der Waals surface area contributed by atoms with Crippen LogP contribution in [0.15, 0.2) is 0 Å². The Morgan fingerprint density at radius 1 is 1.12 bits per heavy atom. The summed E-state index contributed by atoms with van der Waals surface area (Å²) in [6.07, 6.45) is 4.66. The molecule has 6 nitrogen and oxygen atoms in total. The highest BCUT2D eigenvalue weighted by Gasteiger charge is 2.40. The second-order valence-electron chi connectivity index (χ2n) is 7.99. The van der Waals surface area contributed by atoms with E-state index in [1.165, 1.54) is 37.2 Å². The number of amides is 2. The molecule has 0 bridgehead atoms. The van der Waals surface area contributed by atoms with Crippen molar-refractivity contribution in [1.29, 1.82) is 0 Å². The second kappa shape index (κ2) is 9.12. The summed E-state index contributed by atoms with van der Waals surface area (Å²) >= 11 is 2.02. The largest absolute Gasteiger partial charge is 0.444 e. The lowest BCUT2D eigenvalue weighted by Crippen LogP contribution is -2.56. The molecule has 2 aliphatic rings. The van der Waals surface area contributed by atoms with Gasteiger partial charge in [0.05, 0.1) is 0 Å². The van der Waals surface area contributed by atoms with E-state index in [2.05, 4.69) is 15.5 Å². The van der Waals surface area contributed by atoms with Crippen molar-refractivity contribution in [2.45, 2.75) is 64.0 Å². The molecule has 2 amide bonds. The summed E-state index contributed by atoms with van der Waals surface area (Å²) in [5, 5.41) is 5.74. The molecule has 1 aliphatic carbocycles. The van der Waals surface area contributed by atoms with Gasteiger partial charge in [-0.05, 0) is 33.6 Å². The molecule has 0 unspecified atom stereocenters. The lowest BCUT2D eigenvalue weighted by atomic mass is 9.94. The minimum Gasteiger partial charge on any atom is -0.444 e. The maximum atomic E-state index is 12.2. The van der Waals surface area contributed by atoms with Gasteiger partial charge in [0.2, 0.25) is 5.91 Å². The van der Waals surface area contributed by atoms with Crippen molar-refractivity contribution in [2.75, 3.05) is 37.7 Å². The van der Waals surface area contributed by atoms with E-state index in [9.17, 15) is 9.59 Å². The van der Waals surface area contributed by atoms with Crippen molar-refractivity contribution < 1.29 is 14.3 Å². The van der Waals surface area contributed by atoms with E-state index in [1.54, 1.807) is 0 Å². The molecule has 0 spiro atoms. The van der Waals surface area contributed by atoms with Gasteiger partial charge in [0.15, 0.2) is 0 Å². The van der Waals surface area contributed by atoms with Crippen LogP contribution in [-0.2, 0) is 9.53 Å². The quantitative estimate of drug-likeness (QED) is 0.750. The number of thioether (sulfide) groups is 1. The van der Waals surface area contributed by atoms with Gasteiger partial charge in [-0.2, -0.15) is 11.8 Å². The summed E-state index contributed by atoms with van der Waals surface area (Å²) in [7, 11) is 0. The number of hydrogen-bond donors (Lipinski definition) is 2. The van der Waals surface area contributed by atoms with Gasteiger partial charge in [0.1, 0.15) is 5.60 Å². The predicted molar refractivity (Wildman–Crippen MR) is 102 cm³/mol. The molecule has 1 saturated carbocycles. The zero-order chi connectivity index (χ0) is 18.3. The molecule has 0 aromatic heterocycles.